The second-order valence-electron chi connectivity index (χ2n) is 8.77. The third kappa shape index (κ3) is 6.25. The molecule has 1 aromatic heterocycles. The Hall–Kier alpha value is -3.96. The van der Waals surface area contributed by atoms with Crippen LogP contribution in [0.4, 0.5) is 0 Å². The van der Waals surface area contributed by atoms with E-state index in [-0.39, 0.29) is 5.97 Å². The molecule has 0 amide bonds. The first kappa shape index (κ1) is 24.7. The third-order valence-electron chi connectivity index (χ3n) is 6.33. The SMILES string of the molecule is COC(=O)CCc1ccc(OCCSc2ccccc2)cc1-c1cccc(-c2ccc3[nH]ccc3c2)c1. The van der Waals surface area contributed by atoms with E-state index in [9.17, 15) is 4.79 Å². The summed E-state index contributed by atoms with van der Waals surface area (Å²) in [5, 5.41) is 1.19. The molecule has 1 heterocycles. The van der Waals surface area contributed by atoms with Crippen LogP contribution in [-0.2, 0) is 16.0 Å². The lowest BCUT2D eigenvalue weighted by Crippen LogP contribution is -2.04. The summed E-state index contributed by atoms with van der Waals surface area (Å²) in [5.74, 6) is 1.47. The van der Waals surface area contributed by atoms with Gasteiger partial charge < -0.3 is 14.5 Å². The number of ether oxygens (including phenoxy) is 2. The monoisotopic (exact) mass is 507 g/mol. The highest BCUT2D eigenvalue weighted by atomic mass is 32.2. The first-order chi connectivity index (χ1) is 18.2. The molecule has 0 aliphatic carbocycles. The van der Waals surface area contributed by atoms with Crippen molar-refractivity contribution in [1.82, 2.24) is 4.98 Å². The molecule has 0 saturated carbocycles. The minimum atomic E-state index is -0.210. The molecule has 0 aliphatic heterocycles. The zero-order chi connectivity index (χ0) is 25.5. The quantitative estimate of drug-likeness (QED) is 0.119. The van der Waals surface area contributed by atoms with E-state index in [0.29, 0.717) is 19.4 Å². The van der Waals surface area contributed by atoms with Gasteiger partial charge in [-0.3, -0.25) is 4.79 Å². The first-order valence-electron chi connectivity index (χ1n) is 12.4. The van der Waals surface area contributed by atoms with Crippen LogP contribution in [0.2, 0.25) is 0 Å². The van der Waals surface area contributed by atoms with Gasteiger partial charge in [0.05, 0.1) is 13.7 Å². The zero-order valence-corrected chi connectivity index (χ0v) is 21.6. The molecule has 0 bridgehead atoms. The van der Waals surface area contributed by atoms with Crippen LogP contribution in [0.25, 0.3) is 33.2 Å². The average Bonchev–Trinajstić information content (AvgIpc) is 3.43. The van der Waals surface area contributed by atoms with E-state index in [2.05, 4.69) is 77.8 Å². The number of carbonyl (C=O) groups excluding carboxylic acids is 1. The van der Waals surface area contributed by atoms with Gasteiger partial charge in [0.1, 0.15) is 5.75 Å². The number of hydrogen-bond acceptors (Lipinski definition) is 4. The largest absolute Gasteiger partial charge is 0.493 e. The lowest BCUT2D eigenvalue weighted by molar-refractivity contribution is -0.140. The Morgan fingerprint density at radius 2 is 1.68 bits per heavy atom. The molecule has 5 heteroatoms. The predicted molar refractivity (Wildman–Crippen MR) is 152 cm³/mol. The van der Waals surface area contributed by atoms with Gasteiger partial charge in [0.2, 0.25) is 0 Å². The second kappa shape index (κ2) is 11.8. The highest BCUT2D eigenvalue weighted by Gasteiger charge is 2.12. The van der Waals surface area contributed by atoms with E-state index >= 15 is 0 Å². The van der Waals surface area contributed by atoms with Crippen molar-refractivity contribution < 1.29 is 14.3 Å². The summed E-state index contributed by atoms with van der Waals surface area (Å²) in [6.45, 7) is 0.608. The number of esters is 1. The molecular formula is C32H29NO3S. The minimum Gasteiger partial charge on any atom is -0.493 e. The van der Waals surface area contributed by atoms with Crippen molar-refractivity contribution in [3.63, 3.8) is 0 Å². The second-order valence-corrected chi connectivity index (χ2v) is 9.93. The van der Waals surface area contributed by atoms with Gasteiger partial charge in [-0.05, 0) is 88.2 Å². The van der Waals surface area contributed by atoms with Crippen LogP contribution >= 0.6 is 11.8 Å². The summed E-state index contributed by atoms with van der Waals surface area (Å²) < 4.78 is 11.0. The summed E-state index contributed by atoms with van der Waals surface area (Å²) in [7, 11) is 1.43. The highest BCUT2D eigenvalue weighted by molar-refractivity contribution is 7.99. The average molecular weight is 508 g/mol. The molecule has 186 valence electrons. The van der Waals surface area contributed by atoms with E-state index in [4.69, 9.17) is 9.47 Å². The molecule has 0 atom stereocenters. The van der Waals surface area contributed by atoms with Gasteiger partial charge in [-0.1, -0.05) is 48.5 Å². The third-order valence-corrected chi connectivity index (χ3v) is 7.31. The Balaban J connectivity index is 1.39. The molecule has 37 heavy (non-hydrogen) atoms. The Labute approximate surface area is 221 Å². The molecule has 0 fully saturated rings. The van der Waals surface area contributed by atoms with Crippen molar-refractivity contribution in [1.29, 1.82) is 0 Å². The Kier molecular flexibility index (Phi) is 7.92. The number of hydrogen-bond donors (Lipinski definition) is 1. The fraction of sp³-hybridized carbons (Fsp3) is 0.156. The Morgan fingerprint density at radius 3 is 2.54 bits per heavy atom. The summed E-state index contributed by atoms with van der Waals surface area (Å²) in [6.07, 6.45) is 2.90. The summed E-state index contributed by atoms with van der Waals surface area (Å²) in [5.41, 5.74) is 6.69. The van der Waals surface area contributed by atoms with Crippen LogP contribution in [0.15, 0.2) is 108 Å². The van der Waals surface area contributed by atoms with Crippen molar-refractivity contribution in [2.75, 3.05) is 19.5 Å². The van der Waals surface area contributed by atoms with Gasteiger partial charge >= 0.3 is 5.97 Å². The van der Waals surface area contributed by atoms with Crippen molar-refractivity contribution in [2.24, 2.45) is 0 Å². The van der Waals surface area contributed by atoms with Crippen molar-refractivity contribution in [3.05, 3.63) is 109 Å². The van der Waals surface area contributed by atoms with Crippen LogP contribution < -0.4 is 4.74 Å². The first-order valence-corrected chi connectivity index (χ1v) is 13.4. The Morgan fingerprint density at radius 1 is 0.838 bits per heavy atom. The van der Waals surface area contributed by atoms with Crippen LogP contribution in [0, 0.1) is 0 Å². The van der Waals surface area contributed by atoms with E-state index < -0.39 is 0 Å². The summed E-state index contributed by atoms with van der Waals surface area (Å²) >= 11 is 1.78. The number of thioether (sulfide) groups is 1. The standard InChI is InChI=1S/C32H29NO3S/c1-35-32(34)15-12-23-10-13-28(36-18-19-37-29-8-3-2-4-9-29)22-30(23)26-7-5-6-24(20-26)25-11-14-31-27(21-25)16-17-33-31/h2-11,13-14,16-17,20-22,33H,12,15,18-19H2,1H3. The molecule has 5 rings (SSSR count). The molecule has 4 aromatic carbocycles. The molecule has 0 spiro atoms. The predicted octanol–water partition coefficient (Wildman–Crippen LogP) is 7.78. The number of carbonyl (C=O) groups is 1. The number of aromatic nitrogens is 1. The van der Waals surface area contributed by atoms with Gasteiger partial charge in [0.25, 0.3) is 0 Å². The number of nitrogens with one attached hydrogen (secondary N) is 1. The maximum absolute atomic E-state index is 11.9. The molecular weight excluding hydrogens is 478 g/mol. The molecule has 0 radical (unpaired) electrons. The summed E-state index contributed by atoms with van der Waals surface area (Å²) in [4.78, 5) is 16.4. The fourth-order valence-electron chi connectivity index (χ4n) is 4.41. The minimum absolute atomic E-state index is 0.210. The molecule has 4 nitrogen and oxygen atoms in total. The molecule has 1 N–H and O–H groups in total. The lowest BCUT2D eigenvalue weighted by atomic mass is 9.93. The van der Waals surface area contributed by atoms with Crippen LogP contribution in [0.1, 0.15) is 12.0 Å². The van der Waals surface area contributed by atoms with Gasteiger partial charge in [0.15, 0.2) is 0 Å². The number of benzene rings is 4. The number of aromatic amines is 1. The lowest BCUT2D eigenvalue weighted by Gasteiger charge is -2.14. The summed E-state index contributed by atoms with van der Waals surface area (Å²) in [6, 6.07) is 33.6. The zero-order valence-electron chi connectivity index (χ0n) is 20.8. The number of fused-ring (bicyclic) bond motifs is 1. The number of rotatable bonds is 10. The van der Waals surface area contributed by atoms with Gasteiger partial charge in [-0.25, -0.2) is 0 Å². The smallest absolute Gasteiger partial charge is 0.305 e. The van der Waals surface area contributed by atoms with Crippen molar-refractivity contribution in [2.45, 2.75) is 17.7 Å². The molecule has 0 saturated heterocycles. The normalized spacial score (nSPS) is 10.9. The number of methoxy groups -OCH3 is 1. The number of H-pyrrole nitrogens is 1. The maximum Gasteiger partial charge on any atom is 0.305 e. The van der Waals surface area contributed by atoms with E-state index in [1.807, 2.05) is 30.5 Å². The Bertz CT molecular complexity index is 1490. The van der Waals surface area contributed by atoms with Gasteiger partial charge in [0, 0.05) is 28.8 Å². The maximum atomic E-state index is 11.9. The van der Waals surface area contributed by atoms with E-state index in [1.54, 1.807) is 11.8 Å². The van der Waals surface area contributed by atoms with E-state index in [0.717, 1.165) is 44.8 Å². The van der Waals surface area contributed by atoms with Crippen molar-refractivity contribution in [3.8, 4) is 28.0 Å². The highest BCUT2D eigenvalue weighted by Crippen LogP contribution is 2.33. The fourth-order valence-corrected chi connectivity index (χ4v) is 5.16. The molecule has 0 aliphatic rings. The van der Waals surface area contributed by atoms with Gasteiger partial charge in [-0.15, -0.1) is 11.8 Å². The topological polar surface area (TPSA) is 51.3 Å². The van der Waals surface area contributed by atoms with Crippen LogP contribution in [-0.4, -0.2) is 30.4 Å². The van der Waals surface area contributed by atoms with Gasteiger partial charge in [-0.2, -0.15) is 0 Å². The van der Waals surface area contributed by atoms with Crippen molar-refractivity contribution >= 4 is 28.6 Å². The molecule has 0 unspecified atom stereocenters. The number of aryl methyl sites for hydroxylation is 1. The molecule has 5 aromatic rings. The van der Waals surface area contributed by atoms with Crippen LogP contribution in [0.5, 0.6) is 5.75 Å². The van der Waals surface area contributed by atoms with E-state index in [1.165, 1.54) is 17.4 Å². The van der Waals surface area contributed by atoms with Crippen LogP contribution in [0.3, 0.4) is 0 Å².